The van der Waals surface area contributed by atoms with E-state index in [9.17, 15) is 22.0 Å². The van der Waals surface area contributed by atoms with Crippen LogP contribution in [0.3, 0.4) is 0 Å². The van der Waals surface area contributed by atoms with Crippen molar-refractivity contribution in [2.24, 2.45) is 0 Å². The van der Waals surface area contributed by atoms with Crippen molar-refractivity contribution in [1.82, 2.24) is 9.13 Å². The number of para-hydroxylation sites is 2. The molecule has 2 aromatic heterocycles. The Kier molecular flexibility index (Phi) is 5.84. The van der Waals surface area contributed by atoms with Crippen molar-refractivity contribution >= 4 is 54.4 Å². The zero-order chi connectivity index (χ0) is 32.0. The smallest absolute Gasteiger partial charge is 0.200 e. The van der Waals surface area contributed by atoms with Gasteiger partial charge in [0.1, 0.15) is 0 Å². The number of aromatic nitrogens is 2. The van der Waals surface area contributed by atoms with Crippen LogP contribution in [-0.4, -0.2) is 9.13 Å². The SMILES string of the molecule is Fc1c(F)c(F)c(-c2ccc(-n3c4cc5ccccc5cc4c4ccc5c6ccccc6n(-c6ccccc6)c5c43)cc2)c(F)c1F. The Hall–Kier alpha value is -5.95. The van der Waals surface area contributed by atoms with Crippen LogP contribution in [0.4, 0.5) is 22.0 Å². The first kappa shape index (κ1) is 27.4. The van der Waals surface area contributed by atoms with Crippen molar-refractivity contribution in [3.8, 4) is 22.5 Å². The number of rotatable bonds is 3. The summed E-state index contributed by atoms with van der Waals surface area (Å²) in [6.07, 6.45) is 0. The molecule has 2 heterocycles. The highest BCUT2D eigenvalue weighted by atomic mass is 19.2. The highest BCUT2D eigenvalue weighted by molar-refractivity contribution is 6.25. The Balaban J connectivity index is 1.42. The van der Waals surface area contributed by atoms with Crippen molar-refractivity contribution in [2.75, 3.05) is 0 Å². The standard InChI is InChI=1S/C40H21F5N2/c41-34-33(35(42)37(44)38(45)36(34)43)22-14-16-26(17-15-22)47-32-21-24-9-5-4-8-23(24)20-30(32)29-19-18-28-27-12-6-7-13-31(27)46(39(28)40(29)47)25-10-2-1-3-11-25/h1-21H. The lowest BCUT2D eigenvalue weighted by atomic mass is 10.0. The Morgan fingerprint density at radius 1 is 0.362 bits per heavy atom. The predicted octanol–water partition coefficient (Wildman–Crippen LogP) is 11.4. The maximum atomic E-state index is 14.8. The first-order valence-corrected chi connectivity index (χ1v) is 15.0. The molecule has 0 fully saturated rings. The van der Waals surface area contributed by atoms with Crippen molar-refractivity contribution in [2.45, 2.75) is 0 Å². The van der Waals surface area contributed by atoms with Gasteiger partial charge in [-0.15, -0.1) is 0 Å². The molecule has 0 aliphatic heterocycles. The fourth-order valence-electron chi connectivity index (χ4n) is 6.98. The molecule has 226 valence electrons. The Bertz CT molecular complexity index is 2700. The van der Waals surface area contributed by atoms with E-state index in [4.69, 9.17) is 0 Å². The van der Waals surface area contributed by atoms with Crippen LogP contribution >= 0.6 is 0 Å². The van der Waals surface area contributed by atoms with E-state index in [1.54, 1.807) is 12.1 Å². The average molecular weight is 625 g/mol. The van der Waals surface area contributed by atoms with E-state index in [1.807, 2.05) is 48.5 Å². The minimum atomic E-state index is -2.18. The van der Waals surface area contributed by atoms with Crippen LogP contribution in [0.15, 0.2) is 127 Å². The molecule has 7 aromatic carbocycles. The summed E-state index contributed by atoms with van der Waals surface area (Å²) in [4.78, 5) is 0. The van der Waals surface area contributed by atoms with Gasteiger partial charge >= 0.3 is 0 Å². The van der Waals surface area contributed by atoms with E-state index in [2.05, 4.69) is 63.7 Å². The number of benzene rings is 7. The van der Waals surface area contributed by atoms with E-state index in [1.165, 1.54) is 12.1 Å². The van der Waals surface area contributed by atoms with Gasteiger partial charge in [-0.05, 0) is 58.8 Å². The third-order valence-corrected chi connectivity index (χ3v) is 9.07. The normalized spacial score (nSPS) is 11.9. The molecule has 2 nitrogen and oxygen atoms in total. The maximum Gasteiger partial charge on any atom is 0.200 e. The van der Waals surface area contributed by atoms with Gasteiger partial charge in [-0.3, -0.25) is 0 Å². The molecule has 0 bridgehead atoms. The number of hydrogen-bond donors (Lipinski definition) is 0. The molecule has 0 radical (unpaired) electrons. The zero-order valence-corrected chi connectivity index (χ0v) is 24.4. The molecule has 0 saturated carbocycles. The van der Waals surface area contributed by atoms with E-state index in [-0.39, 0.29) is 5.56 Å². The van der Waals surface area contributed by atoms with Gasteiger partial charge < -0.3 is 9.13 Å². The molecular weight excluding hydrogens is 603 g/mol. The number of fused-ring (bicyclic) bond motifs is 8. The monoisotopic (exact) mass is 624 g/mol. The quantitative estimate of drug-likeness (QED) is 0.105. The lowest BCUT2D eigenvalue weighted by molar-refractivity contribution is 0.381. The van der Waals surface area contributed by atoms with Crippen LogP contribution in [0.2, 0.25) is 0 Å². The third-order valence-electron chi connectivity index (χ3n) is 9.07. The Morgan fingerprint density at radius 2 is 0.872 bits per heavy atom. The van der Waals surface area contributed by atoms with Gasteiger partial charge in [0.2, 0.25) is 5.82 Å². The first-order chi connectivity index (χ1) is 22.9. The van der Waals surface area contributed by atoms with Crippen molar-refractivity contribution in [3.05, 3.63) is 156 Å². The molecule has 0 spiro atoms. The summed E-state index contributed by atoms with van der Waals surface area (Å²) < 4.78 is 75.9. The molecule has 0 N–H and O–H groups in total. The van der Waals surface area contributed by atoms with Gasteiger partial charge in [-0.25, -0.2) is 22.0 Å². The summed E-state index contributed by atoms with van der Waals surface area (Å²) in [5.74, 6) is -9.88. The van der Waals surface area contributed by atoms with Gasteiger partial charge in [-0.1, -0.05) is 84.9 Å². The van der Waals surface area contributed by atoms with Crippen LogP contribution in [-0.2, 0) is 0 Å². The molecule has 47 heavy (non-hydrogen) atoms. The van der Waals surface area contributed by atoms with Crippen LogP contribution < -0.4 is 0 Å². The van der Waals surface area contributed by atoms with E-state index >= 15 is 0 Å². The van der Waals surface area contributed by atoms with Gasteiger partial charge in [0, 0.05) is 32.9 Å². The summed E-state index contributed by atoms with van der Waals surface area (Å²) in [5, 5.41) is 6.24. The second kappa shape index (κ2) is 10.0. The predicted molar refractivity (Wildman–Crippen MR) is 178 cm³/mol. The van der Waals surface area contributed by atoms with Gasteiger partial charge in [0.25, 0.3) is 0 Å². The lowest BCUT2D eigenvalue weighted by Gasteiger charge is -2.14. The average Bonchev–Trinajstić information content (AvgIpc) is 3.62. The largest absolute Gasteiger partial charge is 0.307 e. The fraction of sp³-hybridized carbons (Fsp3) is 0. The van der Waals surface area contributed by atoms with Crippen LogP contribution in [0.1, 0.15) is 0 Å². The number of nitrogens with zero attached hydrogens (tertiary/aromatic N) is 2. The molecular formula is C40H21F5N2. The fourth-order valence-corrected chi connectivity index (χ4v) is 6.98. The molecule has 0 aliphatic carbocycles. The summed E-state index contributed by atoms with van der Waals surface area (Å²) >= 11 is 0. The molecule has 9 aromatic rings. The highest BCUT2D eigenvalue weighted by Crippen LogP contribution is 2.43. The summed E-state index contributed by atoms with van der Waals surface area (Å²) in [7, 11) is 0. The van der Waals surface area contributed by atoms with Gasteiger partial charge in [-0.2, -0.15) is 0 Å². The van der Waals surface area contributed by atoms with Crippen LogP contribution in [0.25, 0.3) is 76.9 Å². The summed E-state index contributed by atoms with van der Waals surface area (Å²) in [5.41, 5.74) is 4.37. The van der Waals surface area contributed by atoms with Crippen molar-refractivity contribution in [1.29, 1.82) is 0 Å². The summed E-state index contributed by atoms with van der Waals surface area (Å²) in [6, 6.07) is 41.0. The third kappa shape index (κ3) is 3.83. The molecule has 0 unspecified atom stereocenters. The minimum Gasteiger partial charge on any atom is -0.307 e. The lowest BCUT2D eigenvalue weighted by Crippen LogP contribution is -2.04. The van der Waals surface area contributed by atoms with Crippen molar-refractivity contribution < 1.29 is 22.0 Å². The van der Waals surface area contributed by atoms with Crippen molar-refractivity contribution in [3.63, 3.8) is 0 Å². The molecule has 0 aliphatic rings. The van der Waals surface area contributed by atoms with Crippen LogP contribution in [0.5, 0.6) is 0 Å². The summed E-state index contributed by atoms with van der Waals surface area (Å²) in [6.45, 7) is 0. The molecule has 9 rings (SSSR count). The maximum absolute atomic E-state index is 14.8. The highest BCUT2D eigenvalue weighted by Gasteiger charge is 2.27. The Labute approximate surface area is 264 Å². The van der Waals surface area contributed by atoms with Gasteiger partial charge in [0.15, 0.2) is 23.3 Å². The Morgan fingerprint density at radius 3 is 1.55 bits per heavy atom. The van der Waals surface area contributed by atoms with E-state index in [0.29, 0.717) is 5.69 Å². The van der Waals surface area contributed by atoms with Crippen LogP contribution in [0, 0.1) is 29.1 Å². The van der Waals surface area contributed by atoms with E-state index in [0.717, 1.165) is 60.1 Å². The molecule has 0 amide bonds. The van der Waals surface area contributed by atoms with Gasteiger partial charge in [0.05, 0.1) is 27.6 Å². The molecule has 0 atom stereocenters. The van der Waals surface area contributed by atoms with E-state index < -0.39 is 34.6 Å². The zero-order valence-electron chi connectivity index (χ0n) is 24.4. The number of halogens is 5. The topological polar surface area (TPSA) is 9.86 Å². The minimum absolute atomic E-state index is 0.128. The first-order valence-electron chi connectivity index (χ1n) is 15.0. The second-order valence-corrected chi connectivity index (χ2v) is 11.6. The molecule has 0 saturated heterocycles. The number of hydrogen-bond acceptors (Lipinski definition) is 0. The second-order valence-electron chi connectivity index (χ2n) is 11.6. The molecule has 7 heteroatoms.